The Hall–Kier alpha value is -0.560. The molecule has 1 aromatic rings. The zero-order valence-corrected chi connectivity index (χ0v) is 7.16. The van der Waals surface area contributed by atoms with E-state index in [2.05, 4.69) is 0 Å². The largest absolute Gasteiger partial charge is 0.207 e. The summed E-state index contributed by atoms with van der Waals surface area (Å²) in [5.41, 5.74) is 1.58. The first-order valence-corrected chi connectivity index (χ1v) is 4.14. The molecule has 0 aliphatic heterocycles. The molecule has 0 N–H and O–H groups in total. The number of hydrogen-bond acceptors (Lipinski definition) is 0. The van der Waals surface area contributed by atoms with Gasteiger partial charge in [-0.25, -0.2) is 4.39 Å². The first-order valence-electron chi connectivity index (χ1n) is 3.61. The molecule has 1 aromatic carbocycles. The SMILES string of the molecule is CCc1ccc(CCl)c(F)c1. The Morgan fingerprint density at radius 1 is 1.45 bits per heavy atom. The predicted molar refractivity (Wildman–Crippen MR) is 45.3 cm³/mol. The Morgan fingerprint density at radius 2 is 2.18 bits per heavy atom. The molecule has 0 amide bonds. The van der Waals surface area contributed by atoms with E-state index in [4.69, 9.17) is 11.6 Å². The second-order valence-corrected chi connectivity index (χ2v) is 2.68. The average Bonchev–Trinajstić information content (AvgIpc) is 2.04. The molecule has 0 aromatic heterocycles. The standard InChI is InChI=1S/C9H10ClF/c1-2-7-3-4-8(6-10)9(11)5-7/h3-5H,2,6H2,1H3. The van der Waals surface area contributed by atoms with E-state index in [0.29, 0.717) is 5.56 Å². The van der Waals surface area contributed by atoms with Crippen LogP contribution < -0.4 is 0 Å². The summed E-state index contributed by atoms with van der Waals surface area (Å²) < 4.78 is 13.0. The zero-order chi connectivity index (χ0) is 8.27. The van der Waals surface area contributed by atoms with Crippen molar-refractivity contribution in [3.05, 3.63) is 35.1 Å². The van der Waals surface area contributed by atoms with Crippen LogP contribution >= 0.6 is 11.6 Å². The number of alkyl halides is 1. The molecule has 0 spiro atoms. The van der Waals surface area contributed by atoms with Gasteiger partial charge in [-0.2, -0.15) is 0 Å². The van der Waals surface area contributed by atoms with Crippen LogP contribution in [-0.4, -0.2) is 0 Å². The molecular formula is C9H10ClF. The van der Waals surface area contributed by atoms with Crippen LogP contribution in [0.3, 0.4) is 0 Å². The fourth-order valence-corrected chi connectivity index (χ4v) is 1.14. The van der Waals surface area contributed by atoms with Gasteiger partial charge in [0.2, 0.25) is 0 Å². The average molecular weight is 173 g/mol. The predicted octanol–water partition coefficient (Wildman–Crippen LogP) is 3.13. The first-order chi connectivity index (χ1) is 5.27. The molecule has 0 atom stereocenters. The van der Waals surface area contributed by atoms with Crippen LogP contribution in [0, 0.1) is 5.82 Å². The van der Waals surface area contributed by atoms with Gasteiger partial charge in [0.25, 0.3) is 0 Å². The molecule has 0 aliphatic rings. The van der Waals surface area contributed by atoms with E-state index in [1.165, 1.54) is 6.07 Å². The highest BCUT2D eigenvalue weighted by Gasteiger charge is 2.00. The van der Waals surface area contributed by atoms with Crippen LogP contribution in [0.4, 0.5) is 4.39 Å². The van der Waals surface area contributed by atoms with Crippen molar-refractivity contribution in [3.8, 4) is 0 Å². The van der Waals surface area contributed by atoms with Crippen molar-refractivity contribution in [3.63, 3.8) is 0 Å². The summed E-state index contributed by atoms with van der Waals surface area (Å²) in [6.07, 6.45) is 0.861. The van der Waals surface area contributed by atoms with Crippen molar-refractivity contribution in [1.29, 1.82) is 0 Å². The van der Waals surface area contributed by atoms with Crippen molar-refractivity contribution in [1.82, 2.24) is 0 Å². The number of hydrogen-bond donors (Lipinski definition) is 0. The van der Waals surface area contributed by atoms with Gasteiger partial charge in [-0.15, -0.1) is 11.6 Å². The lowest BCUT2D eigenvalue weighted by molar-refractivity contribution is 0.615. The van der Waals surface area contributed by atoms with Gasteiger partial charge in [0, 0.05) is 5.56 Å². The van der Waals surface area contributed by atoms with E-state index >= 15 is 0 Å². The second-order valence-electron chi connectivity index (χ2n) is 2.41. The van der Waals surface area contributed by atoms with Crippen LogP contribution in [0.25, 0.3) is 0 Å². The van der Waals surface area contributed by atoms with E-state index < -0.39 is 0 Å². The molecule has 0 bridgehead atoms. The van der Waals surface area contributed by atoms with E-state index in [1.54, 1.807) is 6.07 Å². The second kappa shape index (κ2) is 3.72. The van der Waals surface area contributed by atoms with Gasteiger partial charge in [0.05, 0.1) is 5.88 Å². The number of rotatable bonds is 2. The molecular weight excluding hydrogens is 163 g/mol. The van der Waals surface area contributed by atoms with Crippen molar-refractivity contribution < 1.29 is 4.39 Å². The van der Waals surface area contributed by atoms with Gasteiger partial charge >= 0.3 is 0 Å². The maximum Gasteiger partial charge on any atom is 0.127 e. The molecule has 0 saturated carbocycles. The summed E-state index contributed by atoms with van der Waals surface area (Å²) in [5.74, 6) is 0.0508. The maximum atomic E-state index is 13.0. The minimum Gasteiger partial charge on any atom is -0.207 e. The smallest absolute Gasteiger partial charge is 0.127 e. The number of benzene rings is 1. The van der Waals surface area contributed by atoms with Gasteiger partial charge < -0.3 is 0 Å². The molecule has 11 heavy (non-hydrogen) atoms. The van der Waals surface area contributed by atoms with E-state index in [1.807, 2.05) is 13.0 Å². The maximum absolute atomic E-state index is 13.0. The first kappa shape index (κ1) is 8.54. The fourth-order valence-electron chi connectivity index (χ4n) is 0.919. The van der Waals surface area contributed by atoms with Gasteiger partial charge in [-0.1, -0.05) is 19.1 Å². The topological polar surface area (TPSA) is 0 Å². The lowest BCUT2D eigenvalue weighted by Gasteiger charge is -2.00. The number of halogens is 2. The van der Waals surface area contributed by atoms with Gasteiger partial charge in [0.15, 0.2) is 0 Å². The summed E-state index contributed by atoms with van der Waals surface area (Å²) in [7, 11) is 0. The lowest BCUT2D eigenvalue weighted by atomic mass is 10.1. The Kier molecular flexibility index (Phi) is 2.89. The van der Waals surface area contributed by atoms with Gasteiger partial charge in [-0.3, -0.25) is 0 Å². The van der Waals surface area contributed by atoms with Crippen molar-refractivity contribution in [2.24, 2.45) is 0 Å². The van der Waals surface area contributed by atoms with E-state index in [9.17, 15) is 4.39 Å². The molecule has 0 radical (unpaired) electrons. The van der Waals surface area contributed by atoms with Crippen LogP contribution in [0.15, 0.2) is 18.2 Å². The third kappa shape index (κ3) is 1.93. The normalized spacial score (nSPS) is 10.1. The number of aryl methyl sites for hydroxylation is 1. The van der Waals surface area contributed by atoms with Gasteiger partial charge in [0.1, 0.15) is 5.82 Å². The van der Waals surface area contributed by atoms with Crippen LogP contribution in [-0.2, 0) is 12.3 Å². The Morgan fingerprint density at radius 3 is 2.64 bits per heavy atom. The van der Waals surface area contributed by atoms with Gasteiger partial charge in [-0.05, 0) is 18.1 Å². The third-order valence-electron chi connectivity index (χ3n) is 1.67. The quantitative estimate of drug-likeness (QED) is 0.602. The van der Waals surface area contributed by atoms with Crippen LogP contribution in [0.2, 0.25) is 0 Å². The molecule has 0 aliphatic carbocycles. The Labute approximate surface area is 71.0 Å². The third-order valence-corrected chi connectivity index (χ3v) is 1.96. The fraction of sp³-hybridized carbons (Fsp3) is 0.333. The lowest BCUT2D eigenvalue weighted by Crippen LogP contribution is -1.88. The van der Waals surface area contributed by atoms with Crippen molar-refractivity contribution >= 4 is 11.6 Å². The highest BCUT2D eigenvalue weighted by Crippen LogP contribution is 2.12. The zero-order valence-electron chi connectivity index (χ0n) is 6.40. The highest BCUT2D eigenvalue weighted by molar-refractivity contribution is 6.17. The Bertz CT molecular complexity index is 245. The molecule has 0 saturated heterocycles. The molecule has 0 unspecified atom stereocenters. The Balaban J connectivity index is 2.99. The molecule has 0 heterocycles. The van der Waals surface area contributed by atoms with Crippen LogP contribution in [0.5, 0.6) is 0 Å². The van der Waals surface area contributed by atoms with E-state index in [0.717, 1.165) is 12.0 Å². The summed E-state index contributed by atoms with van der Waals surface area (Å²) in [4.78, 5) is 0. The summed E-state index contributed by atoms with van der Waals surface area (Å²) in [6, 6.07) is 5.18. The molecule has 60 valence electrons. The van der Waals surface area contributed by atoms with E-state index in [-0.39, 0.29) is 11.7 Å². The van der Waals surface area contributed by atoms with Crippen molar-refractivity contribution in [2.75, 3.05) is 0 Å². The minimum absolute atomic E-state index is 0.195. The molecule has 0 fully saturated rings. The summed E-state index contributed by atoms with van der Waals surface area (Å²) in [5, 5.41) is 0. The van der Waals surface area contributed by atoms with Crippen LogP contribution in [0.1, 0.15) is 18.1 Å². The monoisotopic (exact) mass is 172 g/mol. The van der Waals surface area contributed by atoms with Crippen molar-refractivity contribution in [2.45, 2.75) is 19.2 Å². The molecule has 2 heteroatoms. The minimum atomic E-state index is -0.195. The molecule has 0 nitrogen and oxygen atoms in total. The summed E-state index contributed by atoms with van der Waals surface area (Å²) in [6.45, 7) is 2.00. The highest BCUT2D eigenvalue weighted by atomic mass is 35.5. The summed E-state index contributed by atoms with van der Waals surface area (Å²) >= 11 is 5.49. The molecule has 1 rings (SSSR count).